The molecule has 0 spiro atoms. The highest BCUT2D eigenvalue weighted by Gasteiger charge is 2.15. The minimum absolute atomic E-state index is 0.0933. The molecule has 0 radical (unpaired) electrons. The van der Waals surface area contributed by atoms with Crippen LogP contribution in [-0.2, 0) is 0 Å². The van der Waals surface area contributed by atoms with Gasteiger partial charge in [-0.3, -0.25) is 4.79 Å². The molecule has 23 heavy (non-hydrogen) atoms. The maximum absolute atomic E-state index is 12.6. The summed E-state index contributed by atoms with van der Waals surface area (Å²) in [6.45, 7) is 1.98. The summed E-state index contributed by atoms with van der Waals surface area (Å²) < 4.78 is 3.03. The summed E-state index contributed by atoms with van der Waals surface area (Å²) in [5.41, 5.74) is 2.65. The Morgan fingerprint density at radius 2 is 2.04 bits per heavy atom. The molecule has 0 atom stereocenters. The van der Waals surface area contributed by atoms with Crippen molar-refractivity contribution in [3.8, 4) is 5.69 Å². The van der Waals surface area contributed by atoms with Gasteiger partial charge in [0.2, 0.25) is 0 Å². The second-order valence-corrected chi connectivity index (χ2v) is 7.25. The van der Waals surface area contributed by atoms with Crippen molar-refractivity contribution in [1.29, 1.82) is 0 Å². The van der Waals surface area contributed by atoms with Gasteiger partial charge in [-0.25, -0.2) is 4.98 Å². The van der Waals surface area contributed by atoms with Gasteiger partial charge in [-0.15, -0.1) is 22.7 Å². The van der Waals surface area contributed by atoms with Crippen LogP contribution >= 0.6 is 22.7 Å². The molecule has 0 saturated carbocycles. The number of amides is 1. The van der Waals surface area contributed by atoms with Gasteiger partial charge in [0.15, 0.2) is 0 Å². The first kappa shape index (κ1) is 14.2. The summed E-state index contributed by atoms with van der Waals surface area (Å²) in [6.07, 6.45) is 3.87. The van der Waals surface area contributed by atoms with E-state index in [4.69, 9.17) is 0 Å². The van der Waals surface area contributed by atoms with E-state index in [1.54, 1.807) is 11.3 Å². The largest absolute Gasteiger partial charge is 0.322 e. The molecule has 114 valence electrons. The predicted octanol–water partition coefficient (Wildman–Crippen LogP) is 4.71. The van der Waals surface area contributed by atoms with Gasteiger partial charge in [0.25, 0.3) is 5.91 Å². The van der Waals surface area contributed by atoms with Crippen LogP contribution in [0.2, 0.25) is 0 Å². The maximum Gasteiger partial charge on any atom is 0.267 e. The molecule has 0 fully saturated rings. The molecule has 1 aromatic carbocycles. The Morgan fingerprint density at radius 3 is 2.87 bits per heavy atom. The molecular formula is C17H13N3OS2. The summed E-state index contributed by atoms with van der Waals surface area (Å²) in [5.74, 6) is -0.0933. The van der Waals surface area contributed by atoms with E-state index in [9.17, 15) is 4.79 Å². The smallest absolute Gasteiger partial charge is 0.267 e. The predicted molar refractivity (Wildman–Crippen MR) is 96.0 cm³/mol. The molecule has 1 amide bonds. The summed E-state index contributed by atoms with van der Waals surface area (Å²) in [5, 5.41) is 5.94. The number of hydrogen-bond donors (Lipinski definition) is 1. The van der Waals surface area contributed by atoms with Crippen molar-refractivity contribution >= 4 is 44.5 Å². The zero-order valence-electron chi connectivity index (χ0n) is 12.3. The summed E-state index contributed by atoms with van der Waals surface area (Å²) in [6, 6.07) is 11.6. The fraction of sp³-hybridized carbons (Fsp3) is 0.0588. The number of rotatable bonds is 3. The lowest BCUT2D eigenvalue weighted by molar-refractivity contribution is 0.103. The van der Waals surface area contributed by atoms with Crippen LogP contribution in [0.4, 0.5) is 5.69 Å². The van der Waals surface area contributed by atoms with Crippen molar-refractivity contribution in [1.82, 2.24) is 9.55 Å². The van der Waals surface area contributed by atoms with E-state index in [1.807, 2.05) is 65.7 Å². The van der Waals surface area contributed by atoms with Gasteiger partial charge in [-0.1, -0.05) is 0 Å². The van der Waals surface area contributed by atoms with Crippen molar-refractivity contribution in [2.24, 2.45) is 0 Å². The highest BCUT2D eigenvalue weighted by molar-refractivity contribution is 7.18. The Kier molecular flexibility index (Phi) is 3.48. The van der Waals surface area contributed by atoms with Crippen molar-refractivity contribution < 1.29 is 4.79 Å². The van der Waals surface area contributed by atoms with Gasteiger partial charge >= 0.3 is 0 Å². The van der Waals surface area contributed by atoms with Crippen LogP contribution in [0, 0.1) is 6.92 Å². The van der Waals surface area contributed by atoms with Crippen LogP contribution < -0.4 is 5.32 Å². The van der Waals surface area contributed by atoms with Gasteiger partial charge in [0.1, 0.15) is 4.88 Å². The van der Waals surface area contributed by atoms with E-state index in [1.165, 1.54) is 11.3 Å². The van der Waals surface area contributed by atoms with Crippen LogP contribution in [0.5, 0.6) is 0 Å². The van der Waals surface area contributed by atoms with Gasteiger partial charge in [0.05, 0.1) is 20.9 Å². The molecule has 0 aliphatic rings. The first-order valence-electron chi connectivity index (χ1n) is 7.10. The molecule has 4 aromatic rings. The van der Waals surface area contributed by atoms with Crippen LogP contribution in [-0.4, -0.2) is 15.5 Å². The van der Waals surface area contributed by atoms with Crippen LogP contribution in [0.1, 0.15) is 14.7 Å². The van der Waals surface area contributed by atoms with Crippen molar-refractivity contribution in [2.45, 2.75) is 6.92 Å². The Bertz CT molecular complexity index is 983. The van der Waals surface area contributed by atoms with Crippen LogP contribution in [0.3, 0.4) is 0 Å². The summed E-state index contributed by atoms with van der Waals surface area (Å²) in [4.78, 5) is 17.7. The van der Waals surface area contributed by atoms with E-state index in [0.29, 0.717) is 4.88 Å². The lowest BCUT2D eigenvalue weighted by Gasteiger charge is -2.07. The van der Waals surface area contributed by atoms with Crippen molar-refractivity contribution in [2.75, 3.05) is 5.32 Å². The average molecular weight is 339 g/mol. The number of fused-ring (bicyclic) bond motifs is 1. The van der Waals surface area contributed by atoms with Gasteiger partial charge < -0.3 is 9.88 Å². The number of benzene rings is 1. The molecule has 0 aliphatic carbocycles. The number of thiazole rings is 1. The molecule has 6 heteroatoms. The Balaban J connectivity index is 1.63. The van der Waals surface area contributed by atoms with Crippen LogP contribution in [0.25, 0.3) is 15.9 Å². The number of nitrogens with one attached hydrogen (secondary N) is 1. The fourth-order valence-electron chi connectivity index (χ4n) is 2.48. The summed E-state index contributed by atoms with van der Waals surface area (Å²) in [7, 11) is 0. The highest BCUT2D eigenvalue weighted by Crippen LogP contribution is 2.26. The Morgan fingerprint density at radius 1 is 1.22 bits per heavy atom. The second kappa shape index (κ2) is 5.64. The van der Waals surface area contributed by atoms with Gasteiger partial charge in [-0.2, -0.15) is 0 Å². The molecule has 4 rings (SSSR count). The topological polar surface area (TPSA) is 46.9 Å². The monoisotopic (exact) mass is 339 g/mol. The van der Waals surface area contributed by atoms with Gasteiger partial charge in [0, 0.05) is 18.1 Å². The van der Waals surface area contributed by atoms with Gasteiger partial charge in [-0.05, 0) is 48.7 Å². The SMILES string of the molecule is Cc1nc2ccc(NC(=O)c3sccc3-n3cccc3)cc2s1. The van der Waals surface area contributed by atoms with Crippen molar-refractivity contribution in [3.63, 3.8) is 0 Å². The third kappa shape index (κ3) is 2.67. The number of hydrogen-bond acceptors (Lipinski definition) is 4. The van der Waals surface area contributed by atoms with E-state index < -0.39 is 0 Å². The first-order valence-corrected chi connectivity index (χ1v) is 8.80. The summed E-state index contributed by atoms with van der Waals surface area (Å²) >= 11 is 3.07. The fourth-order valence-corrected chi connectivity index (χ4v) is 4.13. The molecule has 0 unspecified atom stereocenters. The van der Waals surface area contributed by atoms with Crippen LogP contribution in [0.15, 0.2) is 54.2 Å². The maximum atomic E-state index is 12.6. The molecule has 1 N–H and O–H groups in total. The number of thiophene rings is 1. The zero-order valence-corrected chi connectivity index (χ0v) is 13.9. The normalized spacial score (nSPS) is 11.0. The number of aryl methyl sites for hydroxylation is 1. The third-order valence-corrected chi connectivity index (χ3v) is 5.32. The number of carbonyl (C=O) groups is 1. The lowest BCUT2D eigenvalue weighted by atomic mass is 10.3. The molecule has 0 aliphatic heterocycles. The molecule has 4 nitrogen and oxygen atoms in total. The minimum Gasteiger partial charge on any atom is -0.322 e. The molecule has 3 heterocycles. The first-order chi connectivity index (χ1) is 11.2. The standard InChI is InChI=1S/C17H13N3OS2/c1-11-18-13-5-4-12(10-15(13)23-11)19-17(21)16-14(6-9-22-16)20-7-2-3-8-20/h2-10H,1H3,(H,19,21). The third-order valence-electron chi connectivity index (χ3n) is 3.49. The second-order valence-electron chi connectivity index (χ2n) is 5.09. The van der Waals surface area contributed by atoms with E-state index in [2.05, 4.69) is 10.3 Å². The van der Waals surface area contributed by atoms with E-state index in [-0.39, 0.29) is 5.91 Å². The zero-order chi connectivity index (χ0) is 15.8. The molecule has 0 bridgehead atoms. The number of nitrogens with zero attached hydrogens (tertiary/aromatic N) is 2. The minimum atomic E-state index is -0.0933. The molecular weight excluding hydrogens is 326 g/mol. The lowest BCUT2D eigenvalue weighted by Crippen LogP contribution is -2.12. The number of anilines is 1. The van der Waals surface area contributed by atoms with E-state index >= 15 is 0 Å². The number of carbonyl (C=O) groups excluding carboxylic acids is 1. The quantitative estimate of drug-likeness (QED) is 0.587. The highest BCUT2D eigenvalue weighted by atomic mass is 32.1. The Labute approximate surface area is 141 Å². The average Bonchev–Trinajstić information content (AvgIpc) is 3.25. The van der Waals surface area contributed by atoms with Crippen molar-refractivity contribution in [3.05, 3.63) is 64.1 Å². The Hall–Kier alpha value is -2.44. The molecule has 0 saturated heterocycles. The number of aromatic nitrogens is 2. The molecule has 3 aromatic heterocycles. The van der Waals surface area contributed by atoms with E-state index in [0.717, 1.165) is 26.6 Å².